The Morgan fingerprint density at radius 3 is 2.44 bits per heavy atom. The molecule has 0 aromatic carbocycles. The smallest absolute Gasteiger partial charge is 0.00578 e. The van der Waals surface area contributed by atoms with Crippen molar-refractivity contribution in [1.29, 1.82) is 0 Å². The van der Waals surface area contributed by atoms with Crippen LogP contribution in [0.1, 0.15) is 73.6 Å². The van der Waals surface area contributed by atoms with Gasteiger partial charge in [0.15, 0.2) is 0 Å². The molecular formula is C18H32. The van der Waals surface area contributed by atoms with Crippen molar-refractivity contribution in [2.24, 2.45) is 23.2 Å². The lowest BCUT2D eigenvalue weighted by Gasteiger charge is -2.15. The fourth-order valence-corrected chi connectivity index (χ4v) is 2.39. The maximum absolute atomic E-state index is 3.54. The predicted octanol–water partition coefficient (Wildman–Crippen LogP) is 5.99. The first-order chi connectivity index (χ1) is 8.29. The average Bonchev–Trinajstić information content (AvgIpc) is 2.99. The highest BCUT2D eigenvalue weighted by Gasteiger charge is 2.34. The second-order valence-electron chi connectivity index (χ2n) is 7.73. The highest BCUT2D eigenvalue weighted by atomic mass is 14.4. The number of allylic oxidation sites excluding steroid dienone is 1. The highest BCUT2D eigenvalue weighted by Crippen LogP contribution is 2.44. The van der Waals surface area contributed by atoms with E-state index in [1.807, 2.05) is 0 Å². The van der Waals surface area contributed by atoms with Crippen molar-refractivity contribution in [3.8, 4) is 0 Å². The zero-order valence-corrected chi connectivity index (χ0v) is 13.3. The van der Waals surface area contributed by atoms with E-state index in [2.05, 4.69) is 53.3 Å². The molecular weight excluding hydrogens is 216 g/mol. The Hall–Kier alpha value is -0.480. The van der Waals surface area contributed by atoms with Crippen LogP contribution in [0.25, 0.3) is 0 Å². The van der Waals surface area contributed by atoms with Gasteiger partial charge in [-0.05, 0) is 60.5 Å². The Bertz CT molecular complexity index is 307. The van der Waals surface area contributed by atoms with E-state index >= 15 is 0 Å². The molecule has 1 rings (SSSR count). The Morgan fingerprint density at radius 2 is 1.89 bits per heavy atom. The molecule has 0 aromatic heterocycles. The summed E-state index contributed by atoms with van der Waals surface area (Å²) >= 11 is 0. The van der Waals surface area contributed by atoms with Crippen molar-refractivity contribution in [3.63, 3.8) is 0 Å². The van der Waals surface area contributed by atoms with Gasteiger partial charge in [0, 0.05) is 0 Å². The van der Waals surface area contributed by atoms with Gasteiger partial charge in [-0.15, -0.1) is 5.73 Å². The van der Waals surface area contributed by atoms with Crippen LogP contribution in [0.2, 0.25) is 0 Å². The summed E-state index contributed by atoms with van der Waals surface area (Å²) in [6.07, 6.45) is 8.79. The normalized spacial score (nSPS) is 20.8. The van der Waals surface area contributed by atoms with Gasteiger partial charge in [0.1, 0.15) is 0 Å². The summed E-state index contributed by atoms with van der Waals surface area (Å²) in [5.74, 6) is 2.57. The van der Waals surface area contributed by atoms with Crippen LogP contribution in [0.15, 0.2) is 17.4 Å². The first-order valence-electron chi connectivity index (χ1n) is 7.73. The molecule has 0 N–H and O–H groups in total. The highest BCUT2D eigenvalue weighted by molar-refractivity contribution is 5.23. The van der Waals surface area contributed by atoms with Gasteiger partial charge < -0.3 is 0 Å². The summed E-state index contributed by atoms with van der Waals surface area (Å²) in [6.45, 7) is 14.0. The average molecular weight is 248 g/mol. The van der Waals surface area contributed by atoms with Crippen molar-refractivity contribution >= 4 is 0 Å². The molecule has 0 nitrogen and oxygen atoms in total. The summed E-state index contributed by atoms with van der Waals surface area (Å²) in [6, 6.07) is 0. The lowest BCUT2D eigenvalue weighted by atomic mass is 9.91. The predicted molar refractivity (Wildman–Crippen MR) is 81.6 cm³/mol. The summed E-state index contributed by atoms with van der Waals surface area (Å²) in [5, 5.41) is 0. The Kier molecular flexibility index (Phi) is 5.73. The molecule has 104 valence electrons. The standard InChI is InChI=1S/C18H32/c1-14(2)10-11-15(3)17-13-16(17)9-7-8-12-18(4,5)6/h7,14-15,17H,8,10-13H2,1-6H3. The molecule has 2 unspecified atom stereocenters. The van der Waals surface area contributed by atoms with Gasteiger partial charge in [0.2, 0.25) is 0 Å². The maximum atomic E-state index is 3.54. The van der Waals surface area contributed by atoms with Gasteiger partial charge in [0.25, 0.3) is 0 Å². The largest absolute Gasteiger partial charge is 0.126 e. The molecule has 0 amide bonds. The summed E-state index contributed by atoms with van der Waals surface area (Å²) in [4.78, 5) is 0. The van der Waals surface area contributed by atoms with Crippen LogP contribution < -0.4 is 0 Å². The second-order valence-corrected chi connectivity index (χ2v) is 7.73. The molecule has 2 atom stereocenters. The Labute approximate surface area is 115 Å². The van der Waals surface area contributed by atoms with Gasteiger partial charge >= 0.3 is 0 Å². The Balaban J connectivity index is 2.28. The van der Waals surface area contributed by atoms with Crippen LogP contribution >= 0.6 is 0 Å². The molecule has 0 saturated heterocycles. The maximum Gasteiger partial charge on any atom is -0.00578 e. The van der Waals surface area contributed by atoms with Gasteiger partial charge in [-0.1, -0.05) is 48.0 Å². The molecule has 1 fully saturated rings. The molecule has 1 saturated carbocycles. The third-order valence-corrected chi connectivity index (χ3v) is 3.94. The summed E-state index contributed by atoms with van der Waals surface area (Å²) in [5.41, 5.74) is 5.58. The molecule has 0 aliphatic heterocycles. The van der Waals surface area contributed by atoms with E-state index in [0.717, 1.165) is 17.8 Å². The molecule has 0 heteroatoms. The van der Waals surface area contributed by atoms with E-state index in [1.165, 1.54) is 32.1 Å². The van der Waals surface area contributed by atoms with Gasteiger partial charge in [-0.2, -0.15) is 0 Å². The third-order valence-electron chi connectivity index (χ3n) is 3.94. The van der Waals surface area contributed by atoms with Crippen molar-refractivity contribution in [3.05, 3.63) is 17.4 Å². The van der Waals surface area contributed by atoms with Gasteiger partial charge in [0.05, 0.1) is 0 Å². The molecule has 0 spiro atoms. The van der Waals surface area contributed by atoms with Crippen LogP contribution in [-0.4, -0.2) is 0 Å². The number of rotatable bonds is 6. The Morgan fingerprint density at radius 1 is 1.22 bits per heavy atom. The fourth-order valence-electron chi connectivity index (χ4n) is 2.39. The molecule has 1 aliphatic carbocycles. The first-order valence-corrected chi connectivity index (χ1v) is 7.73. The SMILES string of the molecule is CC(C)CCC(C)C1CC1=C=CCCC(C)(C)C. The van der Waals surface area contributed by atoms with Gasteiger partial charge in [-0.3, -0.25) is 0 Å². The fraction of sp³-hybridized carbons (Fsp3) is 0.833. The van der Waals surface area contributed by atoms with E-state index in [-0.39, 0.29) is 0 Å². The molecule has 0 radical (unpaired) electrons. The lowest BCUT2D eigenvalue weighted by molar-refractivity contribution is 0.381. The summed E-state index contributed by atoms with van der Waals surface area (Å²) in [7, 11) is 0. The molecule has 0 heterocycles. The van der Waals surface area contributed by atoms with E-state index in [1.54, 1.807) is 5.57 Å². The minimum atomic E-state index is 0.455. The van der Waals surface area contributed by atoms with Gasteiger partial charge in [-0.25, -0.2) is 0 Å². The number of hydrogen-bond donors (Lipinski definition) is 0. The van der Waals surface area contributed by atoms with Crippen molar-refractivity contribution in [1.82, 2.24) is 0 Å². The lowest BCUT2D eigenvalue weighted by Crippen LogP contribution is -2.02. The van der Waals surface area contributed by atoms with Crippen molar-refractivity contribution < 1.29 is 0 Å². The zero-order chi connectivity index (χ0) is 13.8. The quantitative estimate of drug-likeness (QED) is 0.507. The first kappa shape index (κ1) is 15.6. The minimum absolute atomic E-state index is 0.455. The third kappa shape index (κ3) is 6.45. The monoisotopic (exact) mass is 248 g/mol. The molecule has 18 heavy (non-hydrogen) atoms. The van der Waals surface area contributed by atoms with E-state index in [4.69, 9.17) is 0 Å². The van der Waals surface area contributed by atoms with E-state index < -0.39 is 0 Å². The molecule has 0 bridgehead atoms. The van der Waals surface area contributed by atoms with Crippen molar-refractivity contribution in [2.75, 3.05) is 0 Å². The van der Waals surface area contributed by atoms with Crippen LogP contribution in [-0.2, 0) is 0 Å². The summed E-state index contributed by atoms with van der Waals surface area (Å²) < 4.78 is 0. The van der Waals surface area contributed by atoms with Crippen LogP contribution in [0.4, 0.5) is 0 Å². The molecule has 0 aromatic rings. The zero-order valence-electron chi connectivity index (χ0n) is 13.3. The minimum Gasteiger partial charge on any atom is -0.126 e. The van der Waals surface area contributed by atoms with Crippen molar-refractivity contribution in [2.45, 2.75) is 73.6 Å². The van der Waals surface area contributed by atoms with E-state index in [0.29, 0.717) is 5.41 Å². The van der Waals surface area contributed by atoms with Crippen LogP contribution in [0, 0.1) is 23.2 Å². The van der Waals surface area contributed by atoms with E-state index in [9.17, 15) is 0 Å². The number of hydrogen-bond acceptors (Lipinski definition) is 0. The van der Waals surface area contributed by atoms with Crippen LogP contribution in [0.3, 0.4) is 0 Å². The van der Waals surface area contributed by atoms with Crippen LogP contribution in [0.5, 0.6) is 0 Å². The second kappa shape index (κ2) is 6.62. The molecule has 1 aliphatic rings. The topological polar surface area (TPSA) is 0 Å².